The molecule has 18 heavy (non-hydrogen) atoms. The van der Waals surface area contributed by atoms with Gasteiger partial charge in [-0.1, -0.05) is 0 Å². The first-order chi connectivity index (χ1) is 8.14. The number of carbonyl (C=O) groups is 3. The summed E-state index contributed by atoms with van der Waals surface area (Å²) in [5.41, 5.74) is 0. The lowest BCUT2D eigenvalue weighted by atomic mass is 10.3. The van der Waals surface area contributed by atoms with Crippen molar-refractivity contribution >= 4 is 17.8 Å². The molecule has 0 bridgehead atoms. The van der Waals surface area contributed by atoms with Gasteiger partial charge in [-0.05, 0) is 0 Å². The highest BCUT2D eigenvalue weighted by atomic mass is 19.4. The summed E-state index contributed by atoms with van der Waals surface area (Å²) in [6.07, 6.45) is -5.55. The second-order valence-corrected chi connectivity index (χ2v) is 3.46. The zero-order valence-corrected chi connectivity index (χ0v) is 9.58. The van der Waals surface area contributed by atoms with E-state index in [0.717, 1.165) is 4.90 Å². The van der Waals surface area contributed by atoms with Gasteiger partial charge in [0.05, 0.1) is 6.42 Å². The lowest BCUT2D eigenvalue weighted by Crippen LogP contribution is -2.39. The van der Waals surface area contributed by atoms with E-state index in [9.17, 15) is 27.6 Å². The molecule has 0 aromatic heterocycles. The van der Waals surface area contributed by atoms with Gasteiger partial charge < -0.3 is 15.3 Å². The summed E-state index contributed by atoms with van der Waals surface area (Å²) in [5.74, 6) is -3.73. The number of halogens is 3. The minimum atomic E-state index is -4.97. The van der Waals surface area contributed by atoms with E-state index in [1.165, 1.54) is 7.05 Å². The lowest BCUT2D eigenvalue weighted by molar-refractivity contribution is -0.173. The van der Waals surface area contributed by atoms with Gasteiger partial charge in [0.1, 0.15) is 0 Å². The zero-order chi connectivity index (χ0) is 14.3. The number of hydrogen-bond donors (Lipinski definition) is 2. The predicted molar refractivity (Wildman–Crippen MR) is 53.6 cm³/mol. The number of carboxylic acid groups (broad SMARTS) is 1. The van der Waals surface area contributed by atoms with Crippen LogP contribution < -0.4 is 5.32 Å². The molecule has 0 radical (unpaired) electrons. The maximum atomic E-state index is 11.8. The summed E-state index contributed by atoms with van der Waals surface area (Å²) in [6, 6.07) is 0. The van der Waals surface area contributed by atoms with Crippen molar-refractivity contribution in [1.29, 1.82) is 0 Å². The van der Waals surface area contributed by atoms with Gasteiger partial charge in [-0.15, -0.1) is 0 Å². The van der Waals surface area contributed by atoms with Crippen molar-refractivity contribution in [2.24, 2.45) is 0 Å². The standard InChI is InChI=1S/C9H13F3N2O4/c1-14(5-3-7(16)17)6(15)2-4-13-8(18)9(10,11)12/h2-5H2,1H3,(H,13,18)(H,16,17). The predicted octanol–water partition coefficient (Wildman–Crippen LogP) is -0.0119. The van der Waals surface area contributed by atoms with Gasteiger partial charge in [-0.3, -0.25) is 14.4 Å². The summed E-state index contributed by atoms with van der Waals surface area (Å²) in [4.78, 5) is 33.0. The molecule has 0 saturated carbocycles. The van der Waals surface area contributed by atoms with E-state index >= 15 is 0 Å². The first kappa shape index (κ1) is 16.2. The minimum absolute atomic E-state index is 0.0403. The minimum Gasteiger partial charge on any atom is -0.481 e. The van der Waals surface area contributed by atoms with Crippen LogP contribution in [0, 0.1) is 0 Å². The molecule has 0 heterocycles. The van der Waals surface area contributed by atoms with E-state index in [2.05, 4.69) is 0 Å². The number of nitrogens with zero attached hydrogens (tertiary/aromatic N) is 1. The van der Waals surface area contributed by atoms with Crippen molar-refractivity contribution in [3.63, 3.8) is 0 Å². The Labute approximate surface area is 101 Å². The third-order valence-corrected chi connectivity index (χ3v) is 1.97. The molecule has 2 N–H and O–H groups in total. The smallest absolute Gasteiger partial charge is 0.471 e. The van der Waals surface area contributed by atoms with Crippen molar-refractivity contribution in [1.82, 2.24) is 10.2 Å². The molecule has 0 atom stereocenters. The van der Waals surface area contributed by atoms with Gasteiger partial charge in [0.15, 0.2) is 0 Å². The van der Waals surface area contributed by atoms with E-state index in [4.69, 9.17) is 5.11 Å². The van der Waals surface area contributed by atoms with Gasteiger partial charge in [0.25, 0.3) is 0 Å². The van der Waals surface area contributed by atoms with Crippen LogP contribution in [0.15, 0.2) is 0 Å². The number of hydrogen-bond acceptors (Lipinski definition) is 3. The highest BCUT2D eigenvalue weighted by Gasteiger charge is 2.38. The monoisotopic (exact) mass is 270 g/mol. The zero-order valence-electron chi connectivity index (χ0n) is 9.58. The Hall–Kier alpha value is -1.80. The second-order valence-electron chi connectivity index (χ2n) is 3.46. The Kier molecular flexibility index (Phi) is 6.14. The molecule has 6 nitrogen and oxygen atoms in total. The van der Waals surface area contributed by atoms with Crippen LogP contribution in [0.2, 0.25) is 0 Å². The summed E-state index contributed by atoms with van der Waals surface area (Å²) in [7, 11) is 1.33. The number of aliphatic carboxylic acids is 1. The topological polar surface area (TPSA) is 86.7 Å². The maximum absolute atomic E-state index is 11.8. The highest BCUT2D eigenvalue weighted by molar-refractivity contribution is 5.82. The van der Waals surface area contributed by atoms with Crippen LogP contribution >= 0.6 is 0 Å². The molecule has 0 fully saturated rings. The number of nitrogens with one attached hydrogen (secondary N) is 1. The largest absolute Gasteiger partial charge is 0.481 e. The Bertz CT molecular complexity index is 330. The van der Waals surface area contributed by atoms with Gasteiger partial charge in [0, 0.05) is 26.6 Å². The molecule has 104 valence electrons. The quantitative estimate of drug-likeness (QED) is 0.710. The SMILES string of the molecule is CN(CCC(=O)O)C(=O)CCNC(=O)C(F)(F)F. The summed E-state index contributed by atoms with van der Waals surface area (Å²) in [5, 5.41) is 9.91. The molecule has 0 aromatic carbocycles. The van der Waals surface area contributed by atoms with Crippen molar-refractivity contribution in [3.05, 3.63) is 0 Å². The first-order valence-electron chi connectivity index (χ1n) is 4.95. The second kappa shape index (κ2) is 6.82. The highest BCUT2D eigenvalue weighted by Crippen LogP contribution is 2.13. The van der Waals surface area contributed by atoms with Gasteiger partial charge in [-0.2, -0.15) is 13.2 Å². The molecule has 0 aliphatic heterocycles. The molecule has 0 aromatic rings. The van der Waals surface area contributed by atoms with E-state index in [-0.39, 0.29) is 19.4 Å². The van der Waals surface area contributed by atoms with E-state index < -0.39 is 30.5 Å². The summed E-state index contributed by atoms with van der Waals surface area (Å²) >= 11 is 0. The Morgan fingerprint density at radius 1 is 1.22 bits per heavy atom. The average Bonchev–Trinajstić information content (AvgIpc) is 2.23. The van der Waals surface area contributed by atoms with Crippen LogP contribution in [0.25, 0.3) is 0 Å². The van der Waals surface area contributed by atoms with E-state index in [1.807, 2.05) is 0 Å². The molecular weight excluding hydrogens is 257 g/mol. The average molecular weight is 270 g/mol. The fraction of sp³-hybridized carbons (Fsp3) is 0.667. The third-order valence-electron chi connectivity index (χ3n) is 1.97. The van der Waals surface area contributed by atoms with Crippen LogP contribution in [0.4, 0.5) is 13.2 Å². The fourth-order valence-electron chi connectivity index (χ4n) is 0.962. The van der Waals surface area contributed by atoms with Crippen molar-refractivity contribution in [2.75, 3.05) is 20.1 Å². The van der Waals surface area contributed by atoms with Crippen LogP contribution in [0.5, 0.6) is 0 Å². The van der Waals surface area contributed by atoms with Crippen LogP contribution in [-0.2, 0) is 14.4 Å². The molecule has 0 aliphatic rings. The number of carbonyl (C=O) groups excluding carboxylic acids is 2. The normalized spacial score (nSPS) is 10.9. The molecule has 0 aliphatic carbocycles. The van der Waals surface area contributed by atoms with Gasteiger partial charge in [0.2, 0.25) is 5.91 Å². The van der Waals surface area contributed by atoms with Gasteiger partial charge >= 0.3 is 18.1 Å². The number of amides is 2. The van der Waals surface area contributed by atoms with Crippen LogP contribution in [0.1, 0.15) is 12.8 Å². The van der Waals surface area contributed by atoms with Crippen molar-refractivity contribution in [2.45, 2.75) is 19.0 Å². The number of carboxylic acids is 1. The molecular formula is C9H13F3N2O4. The van der Waals surface area contributed by atoms with Crippen molar-refractivity contribution in [3.8, 4) is 0 Å². The molecule has 2 amide bonds. The van der Waals surface area contributed by atoms with E-state index in [0.29, 0.717) is 0 Å². The van der Waals surface area contributed by atoms with Crippen molar-refractivity contribution < 1.29 is 32.7 Å². The number of rotatable bonds is 6. The van der Waals surface area contributed by atoms with Gasteiger partial charge in [-0.25, -0.2) is 0 Å². The molecule has 0 saturated heterocycles. The maximum Gasteiger partial charge on any atom is 0.471 e. The van der Waals surface area contributed by atoms with Crippen LogP contribution in [0.3, 0.4) is 0 Å². The van der Waals surface area contributed by atoms with E-state index in [1.54, 1.807) is 5.32 Å². The first-order valence-corrected chi connectivity index (χ1v) is 4.95. The molecule has 9 heteroatoms. The summed E-state index contributed by atoms with van der Waals surface area (Å²) < 4.78 is 35.3. The number of alkyl halides is 3. The molecule has 0 rings (SSSR count). The fourth-order valence-corrected chi connectivity index (χ4v) is 0.962. The molecule has 0 unspecified atom stereocenters. The Balaban J connectivity index is 3.90. The Morgan fingerprint density at radius 3 is 2.22 bits per heavy atom. The third kappa shape index (κ3) is 6.71. The summed E-state index contributed by atoms with van der Waals surface area (Å²) in [6.45, 7) is -0.490. The van der Waals surface area contributed by atoms with Crippen LogP contribution in [-0.4, -0.2) is 54.1 Å². The Morgan fingerprint density at radius 2 is 1.78 bits per heavy atom. The molecule has 0 spiro atoms. The lowest BCUT2D eigenvalue weighted by Gasteiger charge is -2.16.